The second-order valence-corrected chi connectivity index (χ2v) is 5.37. The van der Waals surface area contributed by atoms with Gasteiger partial charge >= 0.3 is 5.97 Å². The minimum atomic E-state index is -0.375. The molecule has 0 bridgehead atoms. The zero-order valence-electron chi connectivity index (χ0n) is 14.2. The monoisotopic (exact) mass is 342 g/mol. The Morgan fingerprint density at radius 2 is 1.72 bits per heavy atom. The first-order chi connectivity index (χ1) is 12.1. The van der Waals surface area contributed by atoms with E-state index in [0.29, 0.717) is 43.0 Å². The number of rotatable bonds is 8. The summed E-state index contributed by atoms with van der Waals surface area (Å²) in [6.45, 7) is 2.53. The Labute approximate surface area is 146 Å². The van der Waals surface area contributed by atoms with Crippen molar-refractivity contribution in [2.24, 2.45) is 0 Å². The van der Waals surface area contributed by atoms with Crippen LogP contribution in [0.4, 0.5) is 11.4 Å². The average Bonchev–Trinajstić information content (AvgIpc) is 2.61. The summed E-state index contributed by atoms with van der Waals surface area (Å²) in [5, 5.41) is 2.78. The minimum absolute atomic E-state index is 0.107. The molecular formula is C19H22N2O4. The molecule has 6 heteroatoms. The van der Waals surface area contributed by atoms with E-state index < -0.39 is 0 Å². The van der Waals surface area contributed by atoms with Crippen molar-refractivity contribution in [3.63, 3.8) is 0 Å². The molecule has 0 atom stereocenters. The first-order valence-electron chi connectivity index (χ1n) is 8.14. The van der Waals surface area contributed by atoms with Gasteiger partial charge < -0.3 is 20.5 Å². The highest BCUT2D eigenvalue weighted by Crippen LogP contribution is 2.14. The van der Waals surface area contributed by atoms with E-state index >= 15 is 0 Å². The van der Waals surface area contributed by atoms with Crippen LogP contribution in [0.3, 0.4) is 0 Å². The van der Waals surface area contributed by atoms with Gasteiger partial charge in [0.05, 0.1) is 18.8 Å². The Kier molecular flexibility index (Phi) is 6.83. The molecule has 0 aromatic heterocycles. The van der Waals surface area contributed by atoms with Crippen LogP contribution in [0, 0.1) is 0 Å². The summed E-state index contributed by atoms with van der Waals surface area (Å²) in [4.78, 5) is 23.5. The van der Waals surface area contributed by atoms with Gasteiger partial charge in [-0.05, 0) is 61.9 Å². The first kappa shape index (κ1) is 18.3. The third-order valence-electron chi connectivity index (χ3n) is 3.38. The quantitative estimate of drug-likeness (QED) is 0.436. The summed E-state index contributed by atoms with van der Waals surface area (Å²) in [5.74, 6) is 0.245. The lowest BCUT2D eigenvalue weighted by atomic mass is 10.2. The van der Waals surface area contributed by atoms with Gasteiger partial charge in [0, 0.05) is 17.8 Å². The van der Waals surface area contributed by atoms with Crippen molar-refractivity contribution in [1.29, 1.82) is 0 Å². The van der Waals surface area contributed by atoms with E-state index in [0.717, 1.165) is 5.75 Å². The molecule has 0 radical (unpaired) electrons. The third-order valence-corrected chi connectivity index (χ3v) is 3.38. The number of carbonyl (C=O) groups excluding carboxylic acids is 2. The maximum absolute atomic E-state index is 11.9. The molecule has 0 saturated carbocycles. The Balaban J connectivity index is 1.71. The second kappa shape index (κ2) is 9.32. The number of nitrogens with two attached hydrogens (primary N) is 1. The summed E-state index contributed by atoms with van der Waals surface area (Å²) in [7, 11) is 0. The second-order valence-electron chi connectivity index (χ2n) is 5.37. The molecule has 0 saturated heterocycles. The molecule has 0 unspecified atom stereocenters. The highest BCUT2D eigenvalue weighted by atomic mass is 16.5. The van der Waals surface area contributed by atoms with Crippen LogP contribution in [-0.2, 0) is 9.53 Å². The predicted molar refractivity (Wildman–Crippen MR) is 96.6 cm³/mol. The highest BCUT2D eigenvalue weighted by molar-refractivity contribution is 5.93. The molecule has 0 aliphatic rings. The first-order valence-corrected chi connectivity index (χ1v) is 8.14. The van der Waals surface area contributed by atoms with Gasteiger partial charge in [-0.25, -0.2) is 4.79 Å². The number of amides is 1. The van der Waals surface area contributed by atoms with E-state index in [1.54, 1.807) is 55.5 Å². The summed E-state index contributed by atoms with van der Waals surface area (Å²) >= 11 is 0. The Morgan fingerprint density at radius 1 is 1.04 bits per heavy atom. The molecular weight excluding hydrogens is 320 g/mol. The summed E-state index contributed by atoms with van der Waals surface area (Å²) < 4.78 is 10.4. The Bertz CT molecular complexity index is 696. The lowest BCUT2D eigenvalue weighted by Gasteiger charge is -2.08. The van der Waals surface area contributed by atoms with Crippen LogP contribution in [0.25, 0.3) is 0 Å². The van der Waals surface area contributed by atoms with Crippen LogP contribution in [0.1, 0.15) is 30.1 Å². The summed E-state index contributed by atoms with van der Waals surface area (Å²) in [6, 6.07) is 13.7. The van der Waals surface area contributed by atoms with Gasteiger partial charge in [0.1, 0.15) is 5.75 Å². The number of carbonyl (C=O) groups is 2. The zero-order chi connectivity index (χ0) is 18.1. The Hall–Kier alpha value is -3.02. The number of ether oxygens (including phenoxy) is 2. The van der Waals surface area contributed by atoms with Crippen molar-refractivity contribution in [1.82, 2.24) is 0 Å². The maximum Gasteiger partial charge on any atom is 0.338 e. The van der Waals surface area contributed by atoms with Crippen LogP contribution in [0.2, 0.25) is 0 Å². The molecule has 2 rings (SSSR count). The molecule has 2 aromatic rings. The van der Waals surface area contributed by atoms with E-state index in [9.17, 15) is 9.59 Å². The fourth-order valence-electron chi connectivity index (χ4n) is 2.11. The molecule has 132 valence electrons. The van der Waals surface area contributed by atoms with Crippen LogP contribution in [0.15, 0.2) is 48.5 Å². The number of nitrogens with one attached hydrogen (secondary N) is 1. The van der Waals surface area contributed by atoms with Gasteiger partial charge in [-0.3, -0.25) is 4.79 Å². The topological polar surface area (TPSA) is 90.6 Å². The van der Waals surface area contributed by atoms with Gasteiger partial charge in [-0.1, -0.05) is 0 Å². The van der Waals surface area contributed by atoms with Crippen LogP contribution in [0.5, 0.6) is 5.75 Å². The molecule has 6 nitrogen and oxygen atoms in total. The summed E-state index contributed by atoms with van der Waals surface area (Å²) in [6.07, 6.45) is 0.936. The number of hydrogen-bond acceptors (Lipinski definition) is 5. The van der Waals surface area contributed by atoms with Crippen molar-refractivity contribution in [2.45, 2.75) is 19.8 Å². The normalized spacial score (nSPS) is 10.1. The van der Waals surface area contributed by atoms with Crippen LogP contribution < -0.4 is 15.8 Å². The lowest BCUT2D eigenvalue weighted by molar-refractivity contribution is -0.116. The van der Waals surface area contributed by atoms with Crippen LogP contribution in [-0.4, -0.2) is 25.1 Å². The fraction of sp³-hybridized carbons (Fsp3) is 0.263. The fourth-order valence-corrected chi connectivity index (χ4v) is 2.11. The third kappa shape index (κ3) is 6.18. The van der Waals surface area contributed by atoms with E-state index in [-0.39, 0.29) is 11.9 Å². The number of benzene rings is 2. The zero-order valence-corrected chi connectivity index (χ0v) is 14.2. The minimum Gasteiger partial charge on any atom is -0.494 e. The van der Waals surface area contributed by atoms with Gasteiger partial charge in [0.2, 0.25) is 5.91 Å². The number of esters is 1. The van der Waals surface area contributed by atoms with Crippen molar-refractivity contribution in [3.8, 4) is 5.75 Å². The molecule has 0 heterocycles. The Morgan fingerprint density at radius 3 is 2.36 bits per heavy atom. The van der Waals surface area contributed by atoms with Gasteiger partial charge in [-0.2, -0.15) is 0 Å². The van der Waals surface area contributed by atoms with E-state index in [2.05, 4.69) is 5.32 Å². The smallest absolute Gasteiger partial charge is 0.338 e. The molecule has 0 spiro atoms. The lowest BCUT2D eigenvalue weighted by Crippen LogP contribution is -2.13. The standard InChI is InChI=1S/C19H22N2O4/c1-2-24-19(23)14-5-9-16(10-6-14)21-18(22)4-3-13-25-17-11-7-15(20)8-12-17/h5-12H,2-4,13,20H2,1H3,(H,21,22). The van der Waals surface area contributed by atoms with E-state index in [1.165, 1.54) is 0 Å². The SMILES string of the molecule is CCOC(=O)c1ccc(NC(=O)CCCOc2ccc(N)cc2)cc1. The molecule has 1 amide bonds. The molecule has 0 fully saturated rings. The largest absolute Gasteiger partial charge is 0.494 e. The molecule has 0 aliphatic carbocycles. The summed E-state index contributed by atoms with van der Waals surface area (Å²) in [5.41, 5.74) is 7.37. The van der Waals surface area contributed by atoms with Crippen LogP contribution >= 0.6 is 0 Å². The van der Waals surface area contributed by atoms with Gasteiger partial charge in [-0.15, -0.1) is 0 Å². The van der Waals surface area contributed by atoms with Crippen molar-refractivity contribution < 1.29 is 19.1 Å². The van der Waals surface area contributed by atoms with Crippen molar-refractivity contribution in [3.05, 3.63) is 54.1 Å². The van der Waals surface area contributed by atoms with Gasteiger partial charge in [0.15, 0.2) is 0 Å². The molecule has 25 heavy (non-hydrogen) atoms. The maximum atomic E-state index is 11.9. The van der Waals surface area contributed by atoms with Gasteiger partial charge in [0.25, 0.3) is 0 Å². The number of hydrogen-bond donors (Lipinski definition) is 2. The molecule has 0 aliphatic heterocycles. The highest BCUT2D eigenvalue weighted by Gasteiger charge is 2.07. The molecule has 3 N–H and O–H groups in total. The average molecular weight is 342 g/mol. The predicted octanol–water partition coefficient (Wildman–Crippen LogP) is 3.24. The van der Waals surface area contributed by atoms with Crippen molar-refractivity contribution in [2.75, 3.05) is 24.3 Å². The molecule has 2 aromatic carbocycles. The number of anilines is 2. The van der Waals surface area contributed by atoms with E-state index in [1.807, 2.05) is 0 Å². The number of nitrogen functional groups attached to an aromatic ring is 1. The van der Waals surface area contributed by atoms with Crippen molar-refractivity contribution >= 4 is 23.3 Å². The van der Waals surface area contributed by atoms with E-state index in [4.69, 9.17) is 15.2 Å².